The van der Waals surface area contributed by atoms with E-state index >= 15 is 0 Å². The predicted octanol–water partition coefficient (Wildman–Crippen LogP) is 2.27. The first-order valence-corrected chi connectivity index (χ1v) is 5.21. The molecule has 0 spiro atoms. The van der Waals surface area contributed by atoms with Gasteiger partial charge in [0.1, 0.15) is 4.38 Å². The van der Waals surface area contributed by atoms with Gasteiger partial charge in [-0.25, -0.2) is 0 Å². The second-order valence-corrected chi connectivity index (χ2v) is 4.37. The number of thioether (sulfide) groups is 2. The number of amides is 1. The number of allylic oxidation sites excluding steroid dienone is 1. The normalized spacial score (nSPS) is 17.2. The minimum atomic E-state index is -0.0839. The number of hydrogen-bond acceptors (Lipinski definition) is 3. The van der Waals surface area contributed by atoms with Crippen LogP contribution in [0.25, 0.3) is 0 Å². The van der Waals surface area contributed by atoms with Crippen molar-refractivity contribution in [2.24, 2.45) is 4.99 Å². The molecule has 1 heterocycles. The Hall–Kier alpha value is -0.220. The summed E-state index contributed by atoms with van der Waals surface area (Å²) in [4.78, 5) is 15.7. The number of rotatable bonds is 0. The Bertz CT molecular complexity index is 251. The molecular formula is C7H9NOS2. The summed E-state index contributed by atoms with van der Waals surface area (Å²) in [6, 6.07) is 0. The van der Waals surface area contributed by atoms with Crippen LogP contribution in [-0.2, 0) is 4.79 Å². The van der Waals surface area contributed by atoms with E-state index in [9.17, 15) is 4.79 Å². The van der Waals surface area contributed by atoms with Crippen LogP contribution in [0.1, 0.15) is 13.8 Å². The third-order valence-electron chi connectivity index (χ3n) is 1.21. The van der Waals surface area contributed by atoms with Crippen LogP contribution in [-0.4, -0.2) is 16.5 Å². The zero-order valence-corrected chi connectivity index (χ0v) is 8.30. The van der Waals surface area contributed by atoms with Crippen LogP contribution in [0, 0.1) is 0 Å². The molecule has 1 aliphatic rings. The maximum Gasteiger partial charge on any atom is 0.285 e. The zero-order valence-electron chi connectivity index (χ0n) is 6.67. The fourth-order valence-electron chi connectivity index (χ4n) is 0.691. The van der Waals surface area contributed by atoms with Gasteiger partial charge < -0.3 is 0 Å². The molecule has 2 nitrogen and oxygen atoms in total. The lowest BCUT2D eigenvalue weighted by molar-refractivity contribution is -0.113. The van der Waals surface area contributed by atoms with Gasteiger partial charge in [0.05, 0.1) is 4.91 Å². The molecule has 1 aliphatic heterocycles. The van der Waals surface area contributed by atoms with Crippen molar-refractivity contribution in [3.05, 3.63) is 10.5 Å². The minimum Gasteiger partial charge on any atom is -0.266 e. The molecule has 0 aliphatic carbocycles. The molecule has 0 aromatic heterocycles. The maximum absolute atomic E-state index is 11.1. The highest BCUT2D eigenvalue weighted by molar-refractivity contribution is 8.40. The summed E-state index contributed by atoms with van der Waals surface area (Å²) >= 11 is 2.99. The van der Waals surface area contributed by atoms with Gasteiger partial charge >= 0.3 is 0 Å². The lowest BCUT2D eigenvalue weighted by Crippen LogP contribution is -1.89. The monoisotopic (exact) mass is 187 g/mol. The molecule has 0 aromatic carbocycles. The maximum atomic E-state index is 11.1. The van der Waals surface area contributed by atoms with Crippen molar-refractivity contribution in [1.82, 2.24) is 0 Å². The Morgan fingerprint density at radius 1 is 1.55 bits per heavy atom. The van der Waals surface area contributed by atoms with Crippen molar-refractivity contribution in [2.75, 3.05) is 6.26 Å². The molecule has 60 valence electrons. The van der Waals surface area contributed by atoms with E-state index in [1.165, 1.54) is 23.5 Å². The van der Waals surface area contributed by atoms with Gasteiger partial charge in [0.15, 0.2) is 0 Å². The van der Waals surface area contributed by atoms with Crippen molar-refractivity contribution in [2.45, 2.75) is 13.8 Å². The lowest BCUT2D eigenvalue weighted by Gasteiger charge is -1.94. The first-order chi connectivity index (χ1) is 5.15. The molecule has 0 saturated heterocycles. The molecule has 1 amide bonds. The van der Waals surface area contributed by atoms with Crippen LogP contribution < -0.4 is 0 Å². The fraction of sp³-hybridized carbons (Fsp3) is 0.429. The molecule has 0 bridgehead atoms. The Labute approximate surface area is 74.5 Å². The first-order valence-electron chi connectivity index (χ1n) is 3.17. The van der Waals surface area contributed by atoms with Crippen LogP contribution >= 0.6 is 23.5 Å². The number of carbonyl (C=O) groups is 1. The lowest BCUT2D eigenvalue weighted by atomic mass is 10.3. The first kappa shape index (κ1) is 8.87. The summed E-state index contributed by atoms with van der Waals surface area (Å²) in [5.74, 6) is -0.0839. The summed E-state index contributed by atoms with van der Waals surface area (Å²) in [6.07, 6.45) is 1.92. The average molecular weight is 187 g/mol. The largest absolute Gasteiger partial charge is 0.285 e. The van der Waals surface area contributed by atoms with Crippen molar-refractivity contribution in [3.8, 4) is 0 Å². The number of carbonyl (C=O) groups excluding carboxylic acids is 1. The topological polar surface area (TPSA) is 29.4 Å². The van der Waals surface area contributed by atoms with Gasteiger partial charge in [-0.05, 0) is 20.1 Å². The zero-order chi connectivity index (χ0) is 8.43. The van der Waals surface area contributed by atoms with Crippen molar-refractivity contribution < 1.29 is 4.79 Å². The molecule has 0 aromatic rings. The van der Waals surface area contributed by atoms with Gasteiger partial charge in [-0.15, -0.1) is 11.8 Å². The summed E-state index contributed by atoms with van der Waals surface area (Å²) in [5, 5.41) is 0. The third kappa shape index (κ3) is 1.87. The van der Waals surface area contributed by atoms with E-state index < -0.39 is 0 Å². The SMILES string of the molecule is CSC1=NC(=O)C(=C(C)C)S1. The number of hydrogen-bond donors (Lipinski definition) is 0. The number of aliphatic imine (C=N–C) groups is 1. The van der Waals surface area contributed by atoms with E-state index in [-0.39, 0.29) is 5.91 Å². The van der Waals surface area contributed by atoms with Crippen LogP contribution in [0.15, 0.2) is 15.5 Å². The van der Waals surface area contributed by atoms with Gasteiger partial charge in [-0.2, -0.15) is 4.99 Å². The van der Waals surface area contributed by atoms with E-state index in [2.05, 4.69) is 4.99 Å². The van der Waals surface area contributed by atoms with Gasteiger partial charge in [-0.1, -0.05) is 17.3 Å². The van der Waals surface area contributed by atoms with E-state index in [4.69, 9.17) is 0 Å². The summed E-state index contributed by atoms with van der Waals surface area (Å²) in [6.45, 7) is 3.86. The molecule has 11 heavy (non-hydrogen) atoms. The van der Waals surface area contributed by atoms with Gasteiger partial charge in [0, 0.05) is 0 Å². The Morgan fingerprint density at radius 2 is 2.18 bits per heavy atom. The smallest absolute Gasteiger partial charge is 0.266 e. The Kier molecular flexibility index (Phi) is 2.78. The highest BCUT2D eigenvalue weighted by Gasteiger charge is 2.21. The summed E-state index contributed by atoms with van der Waals surface area (Å²) < 4.78 is 0.853. The van der Waals surface area contributed by atoms with Crippen LogP contribution in [0.3, 0.4) is 0 Å². The standard InChI is InChI=1S/C7H9NOS2/c1-4(2)5-6(9)8-7(10-3)11-5/h1-3H3. The van der Waals surface area contributed by atoms with Crippen molar-refractivity contribution in [1.29, 1.82) is 0 Å². The van der Waals surface area contributed by atoms with Crippen molar-refractivity contribution >= 4 is 33.8 Å². The average Bonchev–Trinajstić information content (AvgIpc) is 2.30. The molecule has 1 rings (SSSR count). The van der Waals surface area contributed by atoms with Crippen LogP contribution in [0.4, 0.5) is 0 Å². The van der Waals surface area contributed by atoms with Crippen molar-refractivity contribution in [3.63, 3.8) is 0 Å². The molecule has 0 radical (unpaired) electrons. The third-order valence-corrected chi connectivity index (χ3v) is 3.45. The molecule has 0 saturated carbocycles. The van der Waals surface area contributed by atoms with E-state index in [1.54, 1.807) is 0 Å². The fourth-order valence-corrected chi connectivity index (χ4v) is 2.09. The van der Waals surface area contributed by atoms with Crippen LogP contribution in [0.2, 0.25) is 0 Å². The minimum absolute atomic E-state index is 0.0839. The Morgan fingerprint density at radius 3 is 2.45 bits per heavy atom. The summed E-state index contributed by atoms with van der Waals surface area (Å²) in [5.41, 5.74) is 1.05. The van der Waals surface area contributed by atoms with Gasteiger partial charge in [0.2, 0.25) is 0 Å². The van der Waals surface area contributed by atoms with E-state index in [0.29, 0.717) is 0 Å². The Balaban J connectivity index is 2.86. The van der Waals surface area contributed by atoms with Gasteiger partial charge in [-0.3, -0.25) is 4.79 Å². The number of nitrogens with zero attached hydrogens (tertiary/aromatic N) is 1. The van der Waals surface area contributed by atoms with E-state index in [1.807, 2.05) is 20.1 Å². The van der Waals surface area contributed by atoms with Crippen LogP contribution in [0.5, 0.6) is 0 Å². The molecule has 0 unspecified atom stereocenters. The second kappa shape index (κ2) is 3.45. The van der Waals surface area contributed by atoms with E-state index in [0.717, 1.165) is 14.9 Å². The molecule has 0 atom stereocenters. The van der Waals surface area contributed by atoms with Gasteiger partial charge in [0.25, 0.3) is 5.91 Å². The molecule has 0 fully saturated rings. The highest BCUT2D eigenvalue weighted by atomic mass is 32.2. The molecule has 4 heteroatoms. The quantitative estimate of drug-likeness (QED) is 0.545. The highest BCUT2D eigenvalue weighted by Crippen LogP contribution is 2.32. The molecule has 0 N–H and O–H groups in total. The molecular weight excluding hydrogens is 178 g/mol. The predicted molar refractivity (Wildman–Crippen MR) is 51.9 cm³/mol. The second-order valence-electron chi connectivity index (χ2n) is 2.32. The summed E-state index contributed by atoms with van der Waals surface area (Å²) in [7, 11) is 0.